The molecule has 0 radical (unpaired) electrons. The number of aliphatic hydroxyl groups excluding tert-OH is 1. The van der Waals surface area contributed by atoms with E-state index in [4.69, 9.17) is 34.1 Å². The minimum atomic E-state index is -1.21. The fourth-order valence-corrected chi connectivity index (χ4v) is 7.72. The molecule has 24 nitrogen and oxygen atoms in total. The topological polar surface area (TPSA) is 393 Å². The van der Waals surface area contributed by atoms with E-state index in [9.17, 15) is 38.7 Å². The molecule has 5 unspecified atom stereocenters. The van der Waals surface area contributed by atoms with E-state index in [1.807, 2.05) is 0 Å². The van der Waals surface area contributed by atoms with Crippen molar-refractivity contribution < 1.29 is 38.7 Å². The fourth-order valence-electron chi connectivity index (χ4n) is 7.53. The number of H-pyrrole nitrogens is 1. The lowest BCUT2D eigenvalue weighted by molar-refractivity contribution is -0.142. The van der Waals surface area contributed by atoms with E-state index in [-0.39, 0.29) is 101 Å². The number of unbranched alkanes of at least 4 members (excludes halogenated alkanes) is 4. The Hall–Kier alpha value is -5.89. The summed E-state index contributed by atoms with van der Waals surface area (Å²) in [6.07, 6.45) is 7.61. The Bertz CT molecular complexity index is 1900. The highest BCUT2D eigenvalue weighted by atomic mass is 32.1. The van der Waals surface area contributed by atoms with Crippen molar-refractivity contribution in [2.24, 2.45) is 28.7 Å². The quantitative estimate of drug-likeness (QED) is 0.0142. The summed E-state index contributed by atoms with van der Waals surface area (Å²) in [5, 5.41) is 28.2. The van der Waals surface area contributed by atoms with Crippen LogP contribution in [-0.2, 0) is 46.4 Å². The third kappa shape index (κ3) is 22.7. The molecule has 2 heterocycles. The number of hydrogen-bond donors (Lipinski definition) is 13. The first kappa shape index (κ1) is 60.2. The first-order chi connectivity index (χ1) is 33.6. The van der Waals surface area contributed by atoms with E-state index in [1.165, 1.54) is 34.1 Å². The van der Waals surface area contributed by atoms with Gasteiger partial charge in [0, 0.05) is 102 Å². The minimum absolute atomic E-state index is 0.00694. The SMILES string of the molecule is CC(O)C(N)C(=O)NCCN(C(=O)CCS)C(Cc1ccccn1)C(=O)NCCN(C(=O)CCCCCN)C(Cc1cnc[nH]1)C(=O)NCCN(C(=O)CCCCNC(=N)N)C(CCCCN)C(N)=O. The van der Waals surface area contributed by atoms with Crippen LogP contribution >= 0.6 is 12.6 Å². The molecule has 2 rings (SSSR count). The average Bonchev–Trinajstić information content (AvgIpc) is 3.85. The summed E-state index contributed by atoms with van der Waals surface area (Å²) in [5.74, 6) is -3.70. The van der Waals surface area contributed by atoms with Crippen LogP contribution in [0.3, 0.4) is 0 Å². The molecule has 0 aliphatic heterocycles. The number of pyridine rings is 1. The zero-order valence-corrected chi connectivity index (χ0v) is 41.4. The van der Waals surface area contributed by atoms with Gasteiger partial charge in [-0.2, -0.15) is 12.6 Å². The van der Waals surface area contributed by atoms with Gasteiger partial charge in [-0.3, -0.25) is 44.0 Å². The Labute approximate surface area is 416 Å². The summed E-state index contributed by atoms with van der Waals surface area (Å²) in [5.41, 5.74) is 29.5. The zero-order valence-electron chi connectivity index (χ0n) is 40.5. The summed E-state index contributed by atoms with van der Waals surface area (Å²) < 4.78 is 0. The van der Waals surface area contributed by atoms with Gasteiger partial charge in [-0.05, 0) is 82.8 Å². The van der Waals surface area contributed by atoms with E-state index in [1.54, 1.807) is 24.4 Å². The second kappa shape index (κ2) is 34.4. The number of aromatic amines is 1. The molecule has 0 aliphatic carbocycles. The normalized spacial score (nSPS) is 13.2. The molecule has 0 saturated heterocycles. The molecule has 0 fully saturated rings. The highest BCUT2D eigenvalue weighted by Crippen LogP contribution is 2.16. The van der Waals surface area contributed by atoms with Crippen molar-refractivity contribution >= 4 is 59.9 Å². The number of aromatic nitrogens is 3. The second-order valence-corrected chi connectivity index (χ2v) is 17.3. The van der Waals surface area contributed by atoms with Crippen molar-refractivity contribution in [2.45, 2.75) is 121 Å². The number of guanidine groups is 1. The molecule has 7 amide bonds. The van der Waals surface area contributed by atoms with Crippen molar-refractivity contribution in [3.8, 4) is 0 Å². The Morgan fingerprint density at radius 3 is 1.76 bits per heavy atom. The van der Waals surface area contributed by atoms with Crippen molar-refractivity contribution in [1.82, 2.24) is 50.9 Å². The average molecular weight is 1000 g/mol. The van der Waals surface area contributed by atoms with Gasteiger partial charge >= 0.3 is 0 Å². The van der Waals surface area contributed by atoms with E-state index in [0.717, 1.165) is 0 Å². The molecule has 70 heavy (non-hydrogen) atoms. The van der Waals surface area contributed by atoms with Crippen LogP contribution in [0.5, 0.6) is 0 Å². The van der Waals surface area contributed by atoms with Gasteiger partial charge < -0.3 is 74.7 Å². The Balaban J connectivity index is 2.45. The van der Waals surface area contributed by atoms with Gasteiger partial charge in [0.15, 0.2) is 5.96 Å². The molecule has 0 aromatic carbocycles. The number of nitrogens with one attached hydrogen (secondary N) is 6. The van der Waals surface area contributed by atoms with Crippen LogP contribution in [0.4, 0.5) is 0 Å². The van der Waals surface area contributed by atoms with Crippen LogP contribution in [0.1, 0.15) is 88.9 Å². The largest absolute Gasteiger partial charge is 0.391 e. The van der Waals surface area contributed by atoms with E-state index in [0.29, 0.717) is 76.0 Å². The highest BCUT2D eigenvalue weighted by Gasteiger charge is 2.34. The van der Waals surface area contributed by atoms with Gasteiger partial charge in [0.25, 0.3) is 0 Å². The number of rotatable bonds is 37. The molecule has 0 spiro atoms. The number of nitrogens with zero attached hydrogens (tertiary/aromatic N) is 5. The van der Waals surface area contributed by atoms with Gasteiger partial charge in [0.2, 0.25) is 41.4 Å². The molecule has 0 saturated carbocycles. The van der Waals surface area contributed by atoms with Crippen molar-refractivity contribution in [3.05, 3.63) is 48.3 Å². The lowest BCUT2D eigenvalue weighted by Gasteiger charge is -2.33. The van der Waals surface area contributed by atoms with Crippen LogP contribution < -0.4 is 49.9 Å². The molecule has 17 N–H and O–H groups in total. The van der Waals surface area contributed by atoms with Gasteiger partial charge in [-0.25, -0.2) is 4.98 Å². The van der Waals surface area contributed by atoms with E-state index < -0.39 is 59.8 Å². The Kier molecular flexibility index (Phi) is 29.6. The predicted octanol–water partition coefficient (Wildman–Crippen LogP) is -2.66. The standard InChI is InChI=1S/C45H78N16O8S/c1-31(62)40(48)44(69)56-22-25-61(39(65)15-26-70)35(27-32-11-5-9-18-53-32)42(67)55-21-24-60(38(64)13-3-2-7-16-46)36(28-33-29-52-30-58-33)43(68)54-20-23-59(34(41(49)66)12-4-8-17-47)37(63)14-6-10-19-57-45(50)51/h5,9,11,18,29-31,34-36,40,62,70H,2-4,6-8,10,12-17,19-28,46-48H2,1H3,(H2,49,66)(H,52,58)(H,54,68)(H,55,67)(H,56,69)(H4,50,51,57). The number of carbonyl (C=O) groups excluding carboxylic acids is 7. The molecule has 25 heteroatoms. The Morgan fingerprint density at radius 2 is 1.26 bits per heavy atom. The molecular formula is C45H78N16O8S. The monoisotopic (exact) mass is 1000 g/mol. The number of thiol groups is 1. The van der Waals surface area contributed by atoms with Crippen LogP contribution in [-0.4, -0.2) is 177 Å². The van der Waals surface area contributed by atoms with Crippen LogP contribution in [0.2, 0.25) is 0 Å². The van der Waals surface area contributed by atoms with Crippen LogP contribution in [0, 0.1) is 5.41 Å². The lowest BCUT2D eigenvalue weighted by atomic mass is 10.1. The maximum absolute atomic E-state index is 14.4. The van der Waals surface area contributed by atoms with Gasteiger partial charge in [0.1, 0.15) is 24.2 Å². The molecule has 2 aromatic rings. The third-order valence-corrected chi connectivity index (χ3v) is 11.6. The molecule has 0 bridgehead atoms. The summed E-state index contributed by atoms with van der Waals surface area (Å²) in [6, 6.07) is 0.673. The number of hydrogen-bond acceptors (Lipinski definition) is 15. The van der Waals surface area contributed by atoms with Crippen molar-refractivity contribution in [1.29, 1.82) is 5.41 Å². The summed E-state index contributed by atoms with van der Waals surface area (Å²) in [7, 11) is 0. The number of imidazole rings is 1. The maximum Gasteiger partial charge on any atom is 0.243 e. The highest BCUT2D eigenvalue weighted by molar-refractivity contribution is 7.80. The maximum atomic E-state index is 14.4. The number of carbonyl (C=O) groups is 7. The minimum Gasteiger partial charge on any atom is -0.391 e. The predicted molar refractivity (Wildman–Crippen MR) is 267 cm³/mol. The van der Waals surface area contributed by atoms with Gasteiger partial charge in [-0.15, -0.1) is 0 Å². The number of primary amides is 1. The number of nitrogens with two attached hydrogens (primary N) is 5. The van der Waals surface area contributed by atoms with E-state index >= 15 is 0 Å². The lowest BCUT2D eigenvalue weighted by Crippen LogP contribution is -2.56. The summed E-state index contributed by atoms with van der Waals surface area (Å²) in [6.45, 7) is 1.88. The van der Waals surface area contributed by atoms with Crippen molar-refractivity contribution in [2.75, 3.05) is 64.7 Å². The van der Waals surface area contributed by atoms with E-state index in [2.05, 4.69) is 48.8 Å². The smallest absolute Gasteiger partial charge is 0.243 e. The first-order valence-corrected chi connectivity index (χ1v) is 24.6. The first-order valence-electron chi connectivity index (χ1n) is 24.0. The summed E-state index contributed by atoms with van der Waals surface area (Å²) >= 11 is 4.24. The van der Waals surface area contributed by atoms with Crippen molar-refractivity contribution in [3.63, 3.8) is 0 Å². The van der Waals surface area contributed by atoms with Crippen LogP contribution in [0.15, 0.2) is 36.9 Å². The zero-order chi connectivity index (χ0) is 51.8. The third-order valence-electron chi connectivity index (χ3n) is 11.4. The molecule has 392 valence electrons. The molecular weight excluding hydrogens is 925 g/mol. The molecule has 5 atom stereocenters. The molecule has 0 aliphatic rings. The number of aliphatic hydroxyl groups is 1. The van der Waals surface area contributed by atoms with Gasteiger partial charge in [-0.1, -0.05) is 12.5 Å². The molecule has 2 aromatic heterocycles. The summed E-state index contributed by atoms with van der Waals surface area (Å²) in [4.78, 5) is 111. The second-order valence-electron chi connectivity index (χ2n) is 16.8. The number of amides is 7. The van der Waals surface area contributed by atoms with Gasteiger partial charge in [0.05, 0.1) is 12.4 Å². The Morgan fingerprint density at radius 1 is 0.714 bits per heavy atom. The fraction of sp³-hybridized carbons (Fsp3) is 0.644. The van der Waals surface area contributed by atoms with Crippen LogP contribution in [0.25, 0.3) is 0 Å².